The van der Waals surface area contributed by atoms with Gasteiger partial charge in [-0.2, -0.15) is 5.10 Å². The number of amides is 1. The smallest absolute Gasteiger partial charge is 0.245 e. The number of rotatable bonds is 4. The Bertz CT molecular complexity index is 1030. The maximum Gasteiger partial charge on any atom is 0.245 e. The van der Waals surface area contributed by atoms with Crippen molar-refractivity contribution in [2.24, 2.45) is 7.05 Å². The molecule has 0 saturated carbocycles. The van der Waals surface area contributed by atoms with Crippen molar-refractivity contribution in [1.29, 1.82) is 0 Å². The van der Waals surface area contributed by atoms with Crippen LogP contribution in [0.3, 0.4) is 0 Å². The summed E-state index contributed by atoms with van der Waals surface area (Å²) in [7, 11) is 1.88. The lowest BCUT2D eigenvalue weighted by atomic mass is 9.87. The molecule has 6 heteroatoms. The first kappa shape index (κ1) is 19.1. The second kappa shape index (κ2) is 7.99. The Morgan fingerprint density at radius 2 is 1.83 bits per heavy atom. The van der Waals surface area contributed by atoms with Gasteiger partial charge in [0, 0.05) is 31.9 Å². The minimum atomic E-state index is -0.267. The van der Waals surface area contributed by atoms with E-state index in [9.17, 15) is 9.18 Å². The zero-order valence-corrected chi connectivity index (χ0v) is 16.4. The van der Waals surface area contributed by atoms with Gasteiger partial charge in [0.1, 0.15) is 11.5 Å². The van der Waals surface area contributed by atoms with Crippen LogP contribution in [0.1, 0.15) is 24.3 Å². The number of pyridine rings is 1. The zero-order chi connectivity index (χ0) is 20.4. The van der Waals surface area contributed by atoms with E-state index in [1.807, 2.05) is 30.3 Å². The standard InChI is InChI=1S/C23H23FN4O/c1-3-22(29)28-14-10-16(11-15-28)19-8-9-20(17-4-6-18(24)7-5-17)25-23(19)21-12-13-27(2)26-21/h3-9,12-13,16H,1,10-11,14-15H2,2H3. The Hall–Kier alpha value is -3.28. The van der Waals surface area contributed by atoms with E-state index in [0.29, 0.717) is 19.0 Å². The molecule has 148 valence electrons. The zero-order valence-electron chi connectivity index (χ0n) is 16.4. The van der Waals surface area contributed by atoms with Crippen LogP contribution in [0.5, 0.6) is 0 Å². The highest BCUT2D eigenvalue weighted by molar-refractivity contribution is 5.87. The number of likely N-dealkylation sites (tertiary alicyclic amines) is 1. The number of halogens is 1. The molecule has 1 saturated heterocycles. The first-order valence-corrected chi connectivity index (χ1v) is 9.73. The van der Waals surface area contributed by atoms with Crippen molar-refractivity contribution >= 4 is 5.91 Å². The fourth-order valence-corrected chi connectivity index (χ4v) is 3.87. The van der Waals surface area contributed by atoms with Crippen LogP contribution in [0, 0.1) is 5.82 Å². The van der Waals surface area contributed by atoms with E-state index in [1.165, 1.54) is 18.2 Å². The van der Waals surface area contributed by atoms with Crippen molar-refractivity contribution in [2.75, 3.05) is 13.1 Å². The summed E-state index contributed by atoms with van der Waals surface area (Å²) >= 11 is 0. The van der Waals surface area contributed by atoms with Gasteiger partial charge < -0.3 is 4.90 Å². The quantitative estimate of drug-likeness (QED) is 0.628. The molecule has 0 bridgehead atoms. The largest absolute Gasteiger partial charge is 0.339 e. The van der Waals surface area contributed by atoms with Crippen molar-refractivity contribution in [2.45, 2.75) is 18.8 Å². The highest BCUT2D eigenvalue weighted by atomic mass is 19.1. The molecule has 1 aliphatic rings. The molecular formula is C23H23FN4O. The van der Waals surface area contributed by atoms with Gasteiger partial charge in [0.25, 0.3) is 0 Å². The van der Waals surface area contributed by atoms with Gasteiger partial charge in [0.05, 0.1) is 11.4 Å². The Morgan fingerprint density at radius 3 is 2.45 bits per heavy atom. The maximum absolute atomic E-state index is 13.3. The molecule has 1 aromatic carbocycles. The summed E-state index contributed by atoms with van der Waals surface area (Å²) in [4.78, 5) is 18.6. The highest BCUT2D eigenvalue weighted by Gasteiger charge is 2.26. The van der Waals surface area contributed by atoms with Crippen LogP contribution in [0.25, 0.3) is 22.6 Å². The Labute approximate surface area is 169 Å². The van der Waals surface area contributed by atoms with Crippen LogP contribution < -0.4 is 0 Å². The molecule has 0 radical (unpaired) electrons. The van der Waals surface area contributed by atoms with E-state index in [4.69, 9.17) is 4.98 Å². The molecule has 2 aromatic heterocycles. The number of hydrogen-bond acceptors (Lipinski definition) is 3. The van der Waals surface area contributed by atoms with Gasteiger partial charge in [-0.05, 0) is 66.8 Å². The third kappa shape index (κ3) is 3.97. The molecule has 0 atom stereocenters. The van der Waals surface area contributed by atoms with Crippen LogP contribution in [0.4, 0.5) is 4.39 Å². The summed E-state index contributed by atoms with van der Waals surface area (Å²) < 4.78 is 15.1. The molecule has 0 spiro atoms. The molecule has 1 amide bonds. The lowest BCUT2D eigenvalue weighted by Crippen LogP contribution is -2.36. The minimum absolute atomic E-state index is 0.0156. The fraction of sp³-hybridized carbons (Fsp3) is 0.261. The molecular weight excluding hydrogens is 367 g/mol. The average Bonchev–Trinajstić information content (AvgIpc) is 3.19. The number of hydrogen-bond donors (Lipinski definition) is 0. The molecule has 5 nitrogen and oxygen atoms in total. The van der Waals surface area contributed by atoms with Crippen LogP contribution >= 0.6 is 0 Å². The summed E-state index contributed by atoms with van der Waals surface area (Å²) in [5.41, 5.74) is 4.45. The van der Waals surface area contributed by atoms with Gasteiger partial charge in [-0.3, -0.25) is 9.48 Å². The summed E-state index contributed by atoms with van der Waals surface area (Å²) in [5, 5.41) is 4.56. The molecule has 0 N–H and O–H groups in total. The van der Waals surface area contributed by atoms with Crippen LogP contribution in [0.15, 0.2) is 61.3 Å². The molecule has 1 fully saturated rings. The molecule has 29 heavy (non-hydrogen) atoms. The van der Waals surface area contributed by atoms with E-state index in [0.717, 1.165) is 41.1 Å². The molecule has 0 aliphatic carbocycles. The minimum Gasteiger partial charge on any atom is -0.339 e. The van der Waals surface area contributed by atoms with Crippen LogP contribution in [0.2, 0.25) is 0 Å². The van der Waals surface area contributed by atoms with Gasteiger partial charge in [-0.15, -0.1) is 0 Å². The summed E-state index contributed by atoms with van der Waals surface area (Å²) in [6.45, 7) is 4.99. The molecule has 1 aliphatic heterocycles. The number of piperidine rings is 1. The molecule has 4 rings (SSSR count). The van der Waals surface area contributed by atoms with Crippen molar-refractivity contribution in [3.63, 3.8) is 0 Å². The van der Waals surface area contributed by atoms with E-state index < -0.39 is 0 Å². The number of benzene rings is 1. The van der Waals surface area contributed by atoms with E-state index >= 15 is 0 Å². The normalized spacial score (nSPS) is 14.8. The van der Waals surface area contributed by atoms with Crippen molar-refractivity contribution in [1.82, 2.24) is 19.7 Å². The molecule has 3 aromatic rings. The number of carbonyl (C=O) groups is 1. The van der Waals surface area contributed by atoms with Crippen LogP contribution in [-0.4, -0.2) is 38.7 Å². The second-order valence-electron chi connectivity index (χ2n) is 7.32. The average molecular weight is 390 g/mol. The van der Waals surface area contributed by atoms with Gasteiger partial charge in [-0.1, -0.05) is 12.6 Å². The number of aromatic nitrogens is 3. The van der Waals surface area contributed by atoms with E-state index in [1.54, 1.807) is 16.8 Å². The van der Waals surface area contributed by atoms with Gasteiger partial charge in [-0.25, -0.2) is 9.37 Å². The highest BCUT2D eigenvalue weighted by Crippen LogP contribution is 2.35. The third-order valence-corrected chi connectivity index (χ3v) is 5.44. The number of nitrogens with zero attached hydrogens (tertiary/aromatic N) is 4. The predicted molar refractivity (Wildman–Crippen MR) is 111 cm³/mol. The number of carbonyl (C=O) groups excluding carboxylic acids is 1. The lowest BCUT2D eigenvalue weighted by Gasteiger charge is -2.32. The fourth-order valence-electron chi connectivity index (χ4n) is 3.87. The summed E-state index contributed by atoms with van der Waals surface area (Å²) in [6.07, 6.45) is 5.02. The Kier molecular flexibility index (Phi) is 5.25. The first-order valence-electron chi connectivity index (χ1n) is 9.73. The first-order chi connectivity index (χ1) is 14.0. The molecule has 3 heterocycles. The van der Waals surface area contributed by atoms with E-state index in [2.05, 4.69) is 17.7 Å². The lowest BCUT2D eigenvalue weighted by molar-refractivity contribution is -0.127. The molecule has 0 unspecified atom stereocenters. The monoisotopic (exact) mass is 390 g/mol. The van der Waals surface area contributed by atoms with E-state index in [-0.39, 0.29) is 11.7 Å². The maximum atomic E-state index is 13.3. The predicted octanol–water partition coefficient (Wildman–Crippen LogP) is 4.18. The Morgan fingerprint density at radius 1 is 1.10 bits per heavy atom. The van der Waals surface area contributed by atoms with Crippen LogP contribution in [-0.2, 0) is 11.8 Å². The van der Waals surface area contributed by atoms with Crippen molar-refractivity contribution in [3.8, 4) is 22.6 Å². The second-order valence-corrected chi connectivity index (χ2v) is 7.32. The summed E-state index contributed by atoms with van der Waals surface area (Å²) in [6, 6.07) is 12.4. The Balaban J connectivity index is 1.69. The van der Waals surface area contributed by atoms with Crippen molar-refractivity contribution < 1.29 is 9.18 Å². The number of aryl methyl sites for hydroxylation is 1. The third-order valence-electron chi connectivity index (χ3n) is 5.44. The SMILES string of the molecule is C=CC(=O)N1CCC(c2ccc(-c3ccc(F)cc3)nc2-c2ccn(C)n2)CC1. The summed E-state index contributed by atoms with van der Waals surface area (Å²) in [5.74, 6) is 0.0185. The van der Waals surface area contributed by atoms with Gasteiger partial charge >= 0.3 is 0 Å². The topological polar surface area (TPSA) is 51.0 Å². The van der Waals surface area contributed by atoms with Gasteiger partial charge in [0.2, 0.25) is 5.91 Å². The van der Waals surface area contributed by atoms with Gasteiger partial charge in [0.15, 0.2) is 0 Å². The van der Waals surface area contributed by atoms with Crippen molar-refractivity contribution in [3.05, 3.63) is 72.7 Å².